The molecule has 1 saturated heterocycles. The predicted molar refractivity (Wildman–Crippen MR) is 78.1 cm³/mol. The zero-order valence-corrected chi connectivity index (χ0v) is 11.9. The van der Waals surface area contributed by atoms with Crippen molar-refractivity contribution >= 4 is 34.7 Å². The van der Waals surface area contributed by atoms with Gasteiger partial charge in [-0.2, -0.15) is 11.3 Å². The number of hydrogen-bond acceptors (Lipinski definition) is 3. The summed E-state index contributed by atoms with van der Waals surface area (Å²) in [6.45, 7) is 1.83. The fourth-order valence-electron chi connectivity index (χ4n) is 2.24. The first-order valence-electron chi connectivity index (χ1n) is 5.89. The van der Waals surface area contributed by atoms with Gasteiger partial charge in [0.15, 0.2) is 0 Å². The number of nitrogens with zero attached hydrogens (tertiary/aromatic N) is 1. The van der Waals surface area contributed by atoms with E-state index in [9.17, 15) is 9.18 Å². The van der Waals surface area contributed by atoms with Crippen molar-refractivity contribution in [1.29, 1.82) is 0 Å². The molecule has 2 aromatic rings. The quantitative estimate of drug-likeness (QED) is 0.835. The monoisotopic (exact) mass is 293 g/mol. The second-order valence-electron chi connectivity index (χ2n) is 4.41. The topological polar surface area (TPSA) is 20.3 Å². The fraction of sp³-hybridized carbons (Fsp3) is 0.214. The summed E-state index contributed by atoms with van der Waals surface area (Å²) in [6.07, 6.45) is 0. The summed E-state index contributed by atoms with van der Waals surface area (Å²) in [5.74, 6) is 0.278. The normalized spacial score (nSPS) is 19.2. The molecule has 19 heavy (non-hydrogen) atoms. The van der Waals surface area contributed by atoms with Crippen LogP contribution in [0.25, 0.3) is 0 Å². The second kappa shape index (κ2) is 4.98. The van der Waals surface area contributed by atoms with Crippen LogP contribution in [0, 0.1) is 12.7 Å². The van der Waals surface area contributed by atoms with Gasteiger partial charge in [0.2, 0.25) is 5.91 Å². The Morgan fingerprint density at radius 1 is 1.37 bits per heavy atom. The molecule has 1 amide bonds. The number of halogens is 1. The summed E-state index contributed by atoms with van der Waals surface area (Å²) >= 11 is 3.23. The number of thioether (sulfide) groups is 1. The van der Waals surface area contributed by atoms with Crippen LogP contribution in [-0.4, -0.2) is 11.7 Å². The first kappa shape index (κ1) is 12.7. The Hall–Kier alpha value is -1.33. The largest absolute Gasteiger partial charge is 0.295 e. The number of aryl methyl sites for hydroxylation is 1. The van der Waals surface area contributed by atoms with E-state index in [-0.39, 0.29) is 17.1 Å². The van der Waals surface area contributed by atoms with Crippen LogP contribution >= 0.6 is 23.1 Å². The van der Waals surface area contributed by atoms with Gasteiger partial charge in [0.05, 0.1) is 5.75 Å². The average Bonchev–Trinajstić information content (AvgIpc) is 2.99. The Bertz CT molecular complexity index is 612. The molecule has 1 aromatic carbocycles. The predicted octanol–water partition coefficient (Wildman–Crippen LogP) is 3.97. The van der Waals surface area contributed by atoms with E-state index >= 15 is 0 Å². The van der Waals surface area contributed by atoms with Crippen LogP contribution < -0.4 is 4.90 Å². The Kier molecular flexibility index (Phi) is 3.33. The highest BCUT2D eigenvalue weighted by Crippen LogP contribution is 2.43. The summed E-state index contributed by atoms with van der Waals surface area (Å²) < 4.78 is 13.2. The molecule has 0 N–H and O–H groups in total. The highest BCUT2D eigenvalue weighted by atomic mass is 32.2. The minimum Gasteiger partial charge on any atom is -0.295 e. The number of carbonyl (C=O) groups is 1. The average molecular weight is 293 g/mol. The molecular weight excluding hydrogens is 281 g/mol. The molecule has 1 fully saturated rings. The van der Waals surface area contributed by atoms with Gasteiger partial charge >= 0.3 is 0 Å². The third kappa shape index (κ3) is 2.28. The van der Waals surface area contributed by atoms with E-state index < -0.39 is 0 Å². The van der Waals surface area contributed by atoms with E-state index in [0.717, 1.165) is 16.8 Å². The van der Waals surface area contributed by atoms with Gasteiger partial charge in [-0.1, -0.05) is 0 Å². The van der Waals surface area contributed by atoms with E-state index in [4.69, 9.17) is 0 Å². The molecule has 0 bridgehead atoms. The van der Waals surface area contributed by atoms with Gasteiger partial charge in [0.1, 0.15) is 11.2 Å². The molecule has 0 spiro atoms. The molecule has 1 aromatic heterocycles. The van der Waals surface area contributed by atoms with Gasteiger partial charge in [0, 0.05) is 5.69 Å². The molecule has 0 saturated carbocycles. The molecule has 5 heteroatoms. The molecule has 1 aliphatic heterocycles. The second-order valence-corrected chi connectivity index (χ2v) is 6.26. The Balaban J connectivity index is 2.03. The summed E-state index contributed by atoms with van der Waals surface area (Å²) in [5, 5.41) is 4.07. The molecular formula is C14H12FNOS2. The van der Waals surface area contributed by atoms with Crippen LogP contribution in [0.4, 0.5) is 10.1 Å². The molecule has 1 aliphatic rings. The highest BCUT2D eigenvalue weighted by Gasteiger charge is 2.34. The van der Waals surface area contributed by atoms with Crippen LogP contribution in [0.3, 0.4) is 0 Å². The number of anilines is 1. The molecule has 0 radical (unpaired) electrons. The number of thiophene rings is 1. The first-order valence-corrected chi connectivity index (χ1v) is 7.88. The van der Waals surface area contributed by atoms with Gasteiger partial charge in [0.25, 0.3) is 0 Å². The van der Waals surface area contributed by atoms with E-state index in [1.54, 1.807) is 34.1 Å². The number of benzene rings is 1. The van der Waals surface area contributed by atoms with Crippen LogP contribution in [0.15, 0.2) is 35.0 Å². The molecule has 98 valence electrons. The lowest BCUT2D eigenvalue weighted by Crippen LogP contribution is -2.28. The summed E-state index contributed by atoms with van der Waals surface area (Å²) in [4.78, 5) is 13.9. The maximum Gasteiger partial charge on any atom is 0.238 e. The third-order valence-electron chi connectivity index (χ3n) is 3.11. The minimum atomic E-state index is -0.271. The van der Waals surface area contributed by atoms with Crippen LogP contribution in [0.2, 0.25) is 0 Å². The smallest absolute Gasteiger partial charge is 0.238 e. The molecule has 1 unspecified atom stereocenters. The molecule has 1 atom stereocenters. The highest BCUT2D eigenvalue weighted by molar-refractivity contribution is 8.00. The van der Waals surface area contributed by atoms with Crippen molar-refractivity contribution in [3.8, 4) is 0 Å². The Morgan fingerprint density at radius 3 is 2.89 bits per heavy atom. The minimum absolute atomic E-state index is 0.00270. The van der Waals surface area contributed by atoms with Crippen molar-refractivity contribution in [3.63, 3.8) is 0 Å². The van der Waals surface area contributed by atoms with Crippen LogP contribution in [0.1, 0.15) is 16.5 Å². The molecule has 2 nitrogen and oxygen atoms in total. The standard InChI is InChI=1S/C14H12FNOS2/c1-9-6-11(15)2-3-12(9)16-13(17)8-19-14(16)10-4-5-18-7-10/h2-7,14H,8H2,1H3. The van der Waals surface area contributed by atoms with Gasteiger partial charge in [-0.15, -0.1) is 11.8 Å². The number of amides is 1. The van der Waals surface area contributed by atoms with Gasteiger partial charge in [-0.3, -0.25) is 9.69 Å². The van der Waals surface area contributed by atoms with Crippen molar-refractivity contribution in [2.75, 3.05) is 10.7 Å². The van der Waals surface area contributed by atoms with E-state index in [1.807, 2.05) is 18.4 Å². The maximum absolute atomic E-state index is 13.2. The van der Waals surface area contributed by atoms with Crippen molar-refractivity contribution in [1.82, 2.24) is 0 Å². The van der Waals surface area contributed by atoms with Gasteiger partial charge in [-0.05, 0) is 53.1 Å². The van der Waals surface area contributed by atoms with Crippen molar-refractivity contribution in [2.24, 2.45) is 0 Å². The Labute approximate surface area is 119 Å². The van der Waals surface area contributed by atoms with Crippen molar-refractivity contribution in [2.45, 2.75) is 12.3 Å². The lowest BCUT2D eigenvalue weighted by Gasteiger charge is -2.25. The lowest BCUT2D eigenvalue weighted by molar-refractivity contribution is -0.115. The zero-order chi connectivity index (χ0) is 13.4. The SMILES string of the molecule is Cc1cc(F)ccc1N1C(=O)CSC1c1ccsc1. The van der Waals surface area contributed by atoms with Gasteiger partial charge in [-0.25, -0.2) is 4.39 Å². The number of hydrogen-bond donors (Lipinski definition) is 0. The fourth-order valence-corrected chi connectivity index (χ4v) is 4.16. The van der Waals surface area contributed by atoms with Crippen molar-refractivity contribution in [3.05, 3.63) is 52.0 Å². The molecule has 3 rings (SSSR count). The van der Waals surface area contributed by atoms with Gasteiger partial charge < -0.3 is 0 Å². The molecule has 0 aliphatic carbocycles. The van der Waals surface area contributed by atoms with Crippen LogP contribution in [-0.2, 0) is 4.79 Å². The summed E-state index contributed by atoms with van der Waals surface area (Å²) in [6, 6.07) is 6.60. The summed E-state index contributed by atoms with van der Waals surface area (Å²) in [5.41, 5.74) is 2.72. The van der Waals surface area contributed by atoms with E-state index in [0.29, 0.717) is 5.75 Å². The maximum atomic E-state index is 13.2. The number of rotatable bonds is 2. The Morgan fingerprint density at radius 2 is 2.21 bits per heavy atom. The lowest BCUT2D eigenvalue weighted by atomic mass is 10.1. The first-order chi connectivity index (χ1) is 9.16. The van der Waals surface area contributed by atoms with E-state index in [1.165, 1.54) is 12.1 Å². The zero-order valence-electron chi connectivity index (χ0n) is 10.3. The van der Waals surface area contributed by atoms with Crippen molar-refractivity contribution < 1.29 is 9.18 Å². The van der Waals surface area contributed by atoms with E-state index in [2.05, 4.69) is 5.38 Å². The summed E-state index contributed by atoms with van der Waals surface area (Å²) in [7, 11) is 0. The van der Waals surface area contributed by atoms with Crippen LogP contribution in [0.5, 0.6) is 0 Å². The molecule has 2 heterocycles. The number of carbonyl (C=O) groups excluding carboxylic acids is 1. The third-order valence-corrected chi connectivity index (χ3v) is 5.03.